The Bertz CT molecular complexity index is 451. The van der Waals surface area contributed by atoms with E-state index in [1.54, 1.807) is 0 Å². The predicted molar refractivity (Wildman–Crippen MR) is 70.6 cm³/mol. The molecular formula is C13H19F3N4. The number of anilines is 1. The molecule has 1 aromatic rings. The molecule has 0 bridgehead atoms. The van der Waals surface area contributed by atoms with Gasteiger partial charge in [0.05, 0.1) is 0 Å². The molecule has 1 aliphatic heterocycles. The second-order valence-electron chi connectivity index (χ2n) is 5.17. The molecule has 0 amide bonds. The lowest BCUT2D eigenvalue weighted by molar-refractivity contribution is -0.141. The molecule has 0 aromatic carbocycles. The van der Waals surface area contributed by atoms with Gasteiger partial charge in [0.1, 0.15) is 5.69 Å². The summed E-state index contributed by atoms with van der Waals surface area (Å²) in [6.45, 7) is 8.43. The molecule has 2 rings (SSSR count). The first-order valence-corrected chi connectivity index (χ1v) is 6.73. The van der Waals surface area contributed by atoms with Crippen molar-refractivity contribution in [2.24, 2.45) is 0 Å². The Kier molecular flexibility index (Phi) is 4.17. The van der Waals surface area contributed by atoms with E-state index in [-0.39, 0.29) is 18.0 Å². The first kappa shape index (κ1) is 15.0. The summed E-state index contributed by atoms with van der Waals surface area (Å²) >= 11 is 0. The number of piperazine rings is 1. The molecular weight excluding hydrogens is 269 g/mol. The number of alkyl halides is 3. The highest BCUT2D eigenvalue weighted by Crippen LogP contribution is 2.28. The molecule has 20 heavy (non-hydrogen) atoms. The van der Waals surface area contributed by atoms with Gasteiger partial charge in [-0.15, -0.1) is 0 Å². The van der Waals surface area contributed by atoms with E-state index in [9.17, 15) is 13.2 Å². The summed E-state index contributed by atoms with van der Waals surface area (Å²) in [6, 6.07) is 1.43. The zero-order valence-electron chi connectivity index (χ0n) is 11.9. The van der Waals surface area contributed by atoms with Crippen LogP contribution in [0.25, 0.3) is 0 Å². The second kappa shape index (κ2) is 5.55. The van der Waals surface area contributed by atoms with Crippen LogP contribution in [0.15, 0.2) is 12.3 Å². The quantitative estimate of drug-likeness (QED) is 0.836. The average Bonchev–Trinajstić information content (AvgIpc) is 2.37. The van der Waals surface area contributed by atoms with Crippen molar-refractivity contribution in [3.63, 3.8) is 0 Å². The lowest BCUT2D eigenvalue weighted by Gasteiger charge is -2.44. The standard InChI is InChI=1S/C13H19F3N4/c1-4-20-9(2)7-19(8-10(20)3)12-17-6-5-11(18-12)13(14,15)16/h5-6,9-10H,4,7-8H2,1-3H3/t9-,10+. The van der Waals surface area contributed by atoms with Gasteiger partial charge in [-0.3, -0.25) is 4.90 Å². The van der Waals surface area contributed by atoms with E-state index in [0.29, 0.717) is 13.1 Å². The lowest BCUT2D eigenvalue weighted by Crippen LogP contribution is -2.57. The molecule has 4 nitrogen and oxygen atoms in total. The van der Waals surface area contributed by atoms with Crippen LogP contribution in [0.2, 0.25) is 0 Å². The number of rotatable bonds is 2. The van der Waals surface area contributed by atoms with Crippen LogP contribution >= 0.6 is 0 Å². The summed E-state index contributed by atoms with van der Waals surface area (Å²) in [4.78, 5) is 11.8. The minimum atomic E-state index is -4.43. The fourth-order valence-electron chi connectivity index (χ4n) is 2.80. The zero-order valence-corrected chi connectivity index (χ0v) is 11.9. The van der Waals surface area contributed by atoms with Gasteiger partial charge in [-0.05, 0) is 26.5 Å². The SMILES string of the molecule is CCN1[C@H](C)CN(c2nccc(C(F)(F)F)n2)C[C@@H]1C. The van der Waals surface area contributed by atoms with Crippen molar-refractivity contribution in [1.29, 1.82) is 0 Å². The van der Waals surface area contributed by atoms with E-state index in [1.165, 1.54) is 6.20 Å². The number of halogens is 3. The molecule has 0 spiro atoms. The minimum absolute atomic E-state index is 0.161. The van der Waals surface area contributed by atoms with E-state index in [4.69, 9.17) is 0 Å². The van der Waals surface area contributed by atoms with E-state index < -0.39 is 11.9 Å². The van der Waals surface area contributed by atoms with E-state index >= 15 is 0 Å². The maximum Gasteiger partial charge on any atom is 0.433 e. The van der Waals surface area contributed by atoms with Crippen LogP contribution in [0.4, 0.5) is 19.1 Å². The van der Waals surface area contributed by atoms with Crippen molar-refractivity contribution >= 4 is 5.95 Å². The van der Waals surface area contributed by atoms with Gasteiger partial charge < -0.3 is 4.90 Å². The Labute approximate surface area is 116 Å². The van der Waals surface area contributed by atoms with Crippen LogP contribution in [0.3, 0.4) is 0 Å². The largest absolute Gasteiger partial charge is 0.433 e. The van der Waals surface area contributed by atoms with Gasteiger partial charge in [0.2, 0.25) is 5.95 Å². The summed E-state index contributed by atoms with van der Waals surface area (Å²) in [5.41, 5.74) is -0.888. The highest BCUT2D eigenvalue weighted by molar-refractivity contribution is 5.32. The Balaban J connectivity index is 2.21. The molecule has 1 aliphatic rings. The molecule has 0 N–H and O–H groups in total. The first-order valence-electron chi connectivity index (χ1n) is 6.73. The van der Waals surface area contributed by atoms with Crippen LogP contribution in [0, 0.1) is 0 Å². The first-order chi connectivity index (χ1) is 9.32. The molecule has 7 heteroatoms. The van der Waals surface area contributed by atoms with Gasteiger partial charge in [-0.1, -0.05) is 6.92 Å². The topological polar surface area (TPSA) is 32.3 Å². The summed E-state index contributed by atoms with van der Waals surface area (Å²) in [5.74, 6) is 0.161. The molecule has 1 fully saturated rings. The van der Waals surface area contributed by atoms with Gasteiger partial charge in [0.25, 0.3) is 0 Å². The lowest BCUT2D eigenvalue weighted by atomic mass is 10.1. The summed E-state index contributed by atoms with van der Waals surface area (Å²) in [5, 5.41) is 0. The van der Waals surface area contributed by atoms with Gasteiger partial charge >= 0.3 is 6.18 Å². The van der Waals surface area contributed by atoms with Crippen LogP contribution in [0.1, 0.15) is 26.5 Å². The Morgan fingerprint density at radius 3 is 2.35 bits per heavy atom. The second-order valence-corrected chi connectivity index (χ2v) is 5.17. The summed E-state index contributed by atoms with van der Waals surface area (Å²) in [7, 11) is 0. The van der Waals surface area contributed by atoms with Crippen molar-refractivity contribution in [2.45, 2.75) is 39.0 Å². The van der Waals surface area contributed by atoms with Crippen LogP contribution in [0.5, 0.6) is 0 Å². The average molecular weight is 288 g/mol. The Hall–Kier alpha value is -1.37. The van der Waals surface area contributed by atoms with Crippen molar-refractivity contribution < 1.29 is 13.2 Å². The fraction of sp³-hybridized carbons (Fsp3) is 0.692. The van der Waals surface area contributed by atoms with Gasteiger partial charge in [-0.2, -0.15) is 13.2 Å². The summed E-state index contributed by atoms with van der Waals surface area (Å²) in [6.07, 6.45) is -3.26. The smallest absolute Gasteiger partial charge is 0.338 e. The van der Waals surface area contributed by atoms with Crippen molar-refractivity contribution in [3.8, 4) is 0 Å². The zero-order chi connectivity index (χ0) is 14.9. The highest BCUT2D eigenvalue weighted by Gasteiger charge is 2.34. The molecule has 2 heterocycles. The molecule has 0 unspecified atom stereocenters. The maximum absolute atomic E-state index is 12.7. The van der Waals surface area contributed by atoms with Crippen molar-refractivity contribution in [2.75, 3.05) is 24.5 Å². The highest BCUT2D eigenvalue weighted by atomic mass is 19.4. The van der Waals surface area contributed by atoms with Gasteiger partial charge in [0.15, 0.2) is 0 Å². The number of likely N-dealkylation sites (N-methyl/N-ethyl adjacent to an activating group) is 1. The Morgan fingerprint density at radius 2 is 1.85 bits per heavy atom. The molecule has 0 aliphatic carbocycles. The number of nitrogens with zero attached hydrogens (tertiary/aromatic N) is 4. The van der Waals surface area contributed by atoms with Crippen LogP contribution in [-0.4, -0.2) is 46.6 Å². The van der Waals surface area contributed by atoms with Gasteiger partial charge in [0, 0.05) is 31.4 Å². The van der Waals surface area contributed by atoms with Gasteiger partial charge in [-0.25, -0.2) is 9.97 Å². The molecule has 112 valence electrons. The van der Waals surface area contributed by atoms with Crippen molar-refractivity contribution in [3.05, 3.63) is 18.0 Å². The monoisotopic (exact) mass is 288 g/mol. The molecule has 0 radical (unpaired) electrons. The third-order valence-corrected chi connectivity index (χ3v) is 3.68. The normalized spacial score (nSPS) is 25.0. The summed E-state index contributed by atoms with van der Waals surface area (Å²) < 4.78 is 38.1. The predicted octanol–water partition coefficient (Wildman–Crippen LogP) is 2.41. The number of aromatic nitrogens is 2. The fourth-order valence-corrected chi connectivity index (χ4v) is 2.80. The van der Waals surface area contributed by atoms with Crippen molar-refractivity contribution in [1.82, 2.24) is 14.9 Å². The number of hydrogen-bond acceptors (Lipinski definition) is 4. The minimum Gasteiger partial charge on any atom is -0.338 e. The van der Waals surface area contributed by atoms with E-state index in [1.807, 2.05) is 4.90 Å². The third-order valence-electron chi connectivity index (χ3n) is 3.68. The maximum atomic E-state index is 12.7. The van der Waals surface area contributed by atoms with Crippen LogP contribution in [-0.2, 0) is 6.18 Å². The van der Waals surface area contributed by atoms with E-state index in [0.717, 1.165) is 12.6 Å². The Morgan fingerprint density at radius 1 is 1.25 bits per heavy atom. The molecule has 2 atom stereocenters. The van der Waals surface area contributed by atoms with Crippen LogP contribution < -0.4 is 4.90 Å². The molecule has 1 saturated heterocycles. The number of hydrogen-bond donors (Lipinski definition) is 0. The molecule has 1 aromatic heterocycles. The molecule has 0 saturated carbocycles. The van der Waals surface area contributed by atoms with E-state index in [2.05, 4.69) is 35.6 Å². The third kappa shape index (κ3) is 3.03.